The van der Waals surface area contributed by atoms with E-state index in [0.29, 0.717) is 5.91 Å². The van der Waals surface area contributed by atoms with Gasteiger partial charge in [-0.15, -0.1) is 0 Å². The molecule has 4 rings (SSSR count). The van der Waals surface area contributed by atoms with Crippen molar-refractivity contribution in [2.24, 2.45) is 5.92 Å². The minimum atomic E-state index is 0.101. The fraction of sp³-hybridized carbons (Fsp3) is 0.722. The van der Waals surface area contributed by atoms with E-state index in [-0.39, 0.29) is 12.0 Å². The highest BCUT2D eigenvalue weighted by Crippen LogP contribution is 2.34. The molecule has 1 saturated carbocycles. The smallest absolute Gasteiger partial charge is 0.226 e. The largest absolute Gasteiger partial charge is 0.332 e. The molecule has 1 atom stereocenters. The summed E-state index contributed by atoms with van der Waals surface area (Å²) in [6.45, 7) is 2.73. The predicted octanol–water partition coefficient (Wildman–Crippen LogP) is 2.37. The third-order valence-corrected chi connectivity index (χ3v) is 5.62. The van der Waals surface area contributed by atoms with Crippen molar-refractivity contribution in [1.82, 2.24) is 20.2 Å². The summed E-state index contributed by atoms with van der Waals surface area (Å²) in [7, 11) is 0. The molecule has 1 aliphatic carbocycles. The molecule has 23 heavy (non-hydrogen) atoms. The summed E-state index contributed by atoms with van der Waals surface area (Å²) in [5, 5.41) is 3.36. The standard InChI is InChI=1S/C18H26N4O/c23-18(13-5-2-1-3-6-13)22-10-4-7-16(22)17-20-12-14-11-19-9-8-15(14)21-17/h12-13,16,19H,1-11H2. The van der Waals surface area contributed by atoms with Gasteiger partial charge in [0.1, 0.15) is 0 Å². The third kappa shape index (κ3) is 2.99. The summed E-state index contributed by atoms with van der Waals surface area (Å²) < 4.78 is 0. The van der Waals surface area contributed by atoms with Gasteiger partial charge in [0.15, 0.2) is 5.82 Å². The average molecular weight is 314 g/mol. The number of hydrogen-bond donors (Lipinski definition) is 1. The van der Waals surface area contributed by atoms with Crippen molar-refractivity contribution < 1.29 is 4.79 Å². The molecular weight excluding hydrogens is 288 g/mol. The van der Waals surface area contributed by atoms with Crippen molar-refractivity contribution in [3.8, 4) is 0 Å². The lowest BCUT2D eigenvalue weighted by Gasteiger charge is -2.30. The van der Waals surface area contributed by atoms with E-state index in [0.717, 1.165) is 57.6 Å². The van der Waals surface area contributed by atoms with E-state index in [4.69, 9.17) is 4.98 Å². The van der Waals surface area contributed by atoms with Crippen LogP contribution < -0.4 is 5.32 Å². The van der Waals surface area contributed by atoms with Crippen LogP contribution in [0, 0.1) is 5.92 Å². The topological polar surface area (TPSA) is 58.1 Å². The summed E-state index contributed by atoms with van der Waals surface area (Å²) in [6.07, 6.45) is 10.8. The Bertz CT molecular complexity index is 582. The van der Waals surface area contributed by atoms with Crippen LogP contribution in [0.2, 0.25) is 0 Å². The highest BCUT2D eigenvalue weighted by Gasteiger charge is 2.36. The Labute approximate surface area is 137 Å². The van der Waals surface area contributed by atoms with Crippen molar-refractivity contribution in [3.05, 3.63) is 23.3 Å². The molecule has 0 aromatic carbocycles. The Morgan fingerprint density at radius 3 is 2.91 bits per heavy atom. The molecular formula is C18H26N4O. The maximum Gasteiger partial charge on any atom is 0.226 e. The minimum Gasteiger partial charge on any atom is -0.332 e. The fourth-order valence-electron chi connectivity index (χ4n) is 4.30. The van der Waals surface area contributed by atoms with Crippen LogP contribution in [0.1, 0.15) is 68.1 Å². The molecule has 3 aliphatic rings. The SMILES string of the molecule is O=C(C1CCCCC1)N1CCCC1c1ncc2c(n1)CCNC2. The quantitative estimate of drug-likeness (QED) is 0.910. The second kappa shape index (κ2) is 6.56. The lowest BCUT2D eigenvalue weighted by Crippen LogP contribution is -2.37. The summed E-state index contributed by atoms with van der Waals surface area (Å²) in [5.41, 5.74) is 2.38. The van der Waals surface area contributed by atoms with Gasteiger partial charge in [0.2, 0.25) is 5.91 Å². The maximum atomic E-state index is 12.9. The summed E-state index contributed by atoms with van der Waals surface area (Å²) in [6, 6.07) is 0.101. The van der Waals surface area contributed by atoms with Gasteiger partial charge in [-0.25, -0.2) is 9.97 Å². The van der Waals surface area contributed by atoms with Crippen LogP contribution >= 0.6 is 0 Å². The second-order valence-corrected chi connectivity index (χ2v) is 7.15. The van der Waals surface area contributed by atoms with Gasteiger partial charge in [0, 0.05) is 49.4 Å². The lowest BCUT2D eigenvalue weighted by atomic mass is 9.88. The zero-order valence-electron chi connectivity index (χ0n) is 13.8. The van der Waals surface area contributed by atoms with E-state index < -0.39 is 0 Å². The van der Waals surface area contributed by atoms with Gasteiger partial charge >= 0.3 is 0 Å². The van der Waals surface area contributed by atoms with Gasteiger partial charge in [0.05, 0.1) is 6.04 Å². The Kier molecular flexibility index (Phi) is 4.29. The number of carbonyl (C=O) groups is 1. The molecule has 124 valence electrons. The molecule has 1 unspecified atom stereocenters. The van der Waals surface area contributed by atoms with Crippen LogP contribution in [-0.2, 0) is 17.8 Å². The average Bonchev–Trinajstić information content (AvgIpc) is 3.11. The van der Waals surface area contributed by atoms with Crippen molar-refractivity contribution in [3.63, 3.8) is 0 Å². The zero-order chi connectivity index (χ0) is 15.6. The molecule has 1 N–H and O–H groups in total. The molecule has 1 aromatic heterocycles. The lowest BCUT2D eigenvalue weighted by molar-refractivity contribution is -0.137. The van der Waals surface area contributed by atoms with Crippen molar-refractivity contribution in [2.45, 2.75) is 64.0 Å². The molecule has 2 fully saturated rings. The molecule has 5 nitrogen and oxygen atoms in total. The first-order valence-electron chi connectivity index (χ1n) is 9.19. The van der Waals surface area contributed by atoms with Crippen LogP contribution in [0.15, 0.2) is 6.20 Å². The first-order chi connectivity index (χ1) is 11.3. The number of likely N-dealkylation sites (tertiary alicyclic amines) is 1. The van der Waals surface area contributed by atoms with Gasteiger partial charge in [-0.2, -0.15) is 0 Å². The normalized spacial score (nSPS) is 25.4. The van der Waals surface area contributed by atoms with E-state index in [1.165, 1.54) is 30.5 Å². The number of fused-ring (bicyclic) bond motifs is 1. The van der Waals surface area contributed by atoms with Gasteiger partial charge in [-0.05, 0) is 25.7 Å². The highest BCUT2D eigenvalue weighted by molar-refractivity contribution is 5.79. The minimum absolute atomic E-state index is 0.101. The van der Waals surface area contributed by atoms with E-state index >= 15 is 0 Å². The molecule has 1 amide bonds. The predicted molar refractivity (Wildman–Crippen MR) is 87.7 cm³/mol. The summed E-state index contributed by atoms with van der Waals surface area (Å²) in [4.78, 5) is 24.5. The van der Waals surface area contributed by atoms with E-state index in [1.54, 1.807) is 0 Å². The van der Waals surface area contributed by atoms with E-state index in [9.17, 15) is 4.79 Å². The first kappa shape index (κ1) is 15.1. The number of carbonyl (C=O) groups excluding carboxylic acids is 1. The zero-order valence-corrected chi connectivity index (χ0v) is 13.8. The van der Waals surface area contributed by atoms with Crippen molar-refractivity contribution >= 4 is 5.91 Å². The number of hydrogen-bond acceptors (Lipinski definition) is 4. The molecule has 2 aliphatic heterocycles. The monoisotopic (exact) mass is 314 g/mol. The molecule has 0 bridgehead atoms. The van der Waals surface area contributed by atoms with Crippen molar-refractivity contribution in [2.75, 3.05) is 13.1 Å². The summed E-state index contributed by atoms with van der Waals surface area (Å²) in [5.74, 6) is 1.47. The Morgan fingerprint density at radius 2 is 2.04 bits per heavy atom. The van der Waals surface area contributed by atoms with Gasteiger partial charge in [0.25, 0.3) is 0 Å². The number of amides is 1. The number of rotatable bonds is 2. The Balaban J connectivity index is 1.54. The third-order valence-electron chi connectivity index (χ3n) is 5.62. The molecule has 1 aromatic rings. The van der Waals surface area contributed by atoms with Crippen molar-refractivity contribution in [1.29, 1.82) is 0 Å². The van der Waals surface area contributed by atoms with Crippen LogP contribution in [0.3, 0.4) is 0 Å². The molecule has 3 heterocycles. The van der Waals surface area contributed by atoms with E-state index in [1.807, 2.05) is 6.20 Å². The Hall–Kier alpha value is -1.49. The molecule has 5 heteroatoms. The summed E-state index contributed by atoms with van der Waals surface area (Å²) >= 11 is 0. The molecule has 1 saturated heterocycles. The van der Waals surface area contributed by atoms with Gasteiger partial charge in [-0.3, -0.25) is 4.79 Å². The maximum absolute atomic E-state index is 12.9. The number of aromatic nitrogens is 2. The number of nitrogens with zero attached hydrogens (tertiary/aromatic N) is 3. The van der Waals surface area contributed by atoms with Crippen LogP contribution in [-0.4, -0.2) is 33.9 Å². The highest BCUT2D eigenvalue weighted by atomic mass is 16.2. The van der Waals surface area contributed by atoms with Crippen LogP contribution in [0.25, 0.3) is 0 Å². The van der Waals surface area contributed by atoms with E-state index in [2.05, 4.69) is 15.2 Å². The molecule has 0 radical (unpaired) electrons. The first-order valence-corrected chi connectivity index (χ1v) is 9.19. The Morgan fingerprint density at radius 1 is 1.17 bits per heavy atom. The fourth-order valence-corrected chi connectivity index (χ4v) is 4.30. The van der Waals surface area contributed by atoms with Crippen LogP contribution in [0.5, 0.6) is 0 Å². The second-order valence-electron chi connectivity index (χ2n) is 7.15. The van der Waals surface area contributed by atoms with Crippen LogP contribution in [0.4, 0.5) is 0 Å². The van der Waals surface area contributed by atoms with Gasteiger partial charge < -0.3 is 10.2 Å². The number of nitrogens with one attached hydrogen (secondary N) is 1. The van der Waals surface area contributed by atoms with Gasteiger partial charge in [-0.1, -0.05) is 19.3 Å². The molecule has 0 spiro atoms.